The number of Topliss-reactive ketones (excluding diaryl/α,β-unsaturated/α-hetero) is 1. The molecule has 0 aliphatic rings. The van der Waals surface area contributed by atoms with Gasteiger partial charge in [0.05, 0.1) is 6.54 Å². The van der Waals surface area contributed by atoms with E-state index in [1.54, 1.807) is 0 Å². The molecule has 0 aliphatic heterocycles. The fourth-order valence-electron chi connectivity index (χ4n) is 1.22. The van der Waals surface area contributed by atoms with Gasteiger partial charge in [0.15, 0.2) is 0 Å². The Morgan fingerprint density at radius 2 is 1.93 bits per heavy atom. The molecule has 1 aromatic heterocycles. The van der Waals surface area contributed by atoms with Crippen molar-refractivity contribution in [2.45, 2.75) is 40.7 Å². The average molecular weight is 210 g/mol. The maximum Gasteiger partial charge on any atom is 0.240 e. The van der Waals surface area contributed by atoms with Gasteiger partial charge < -0.3 is 0 Å². The van der Waals surface area contributed by atoms with Crippen molar-refractivity contribution in [2.75, 3.05) is 0 Å². The van der Waals surface area contributed by atoms with Crippen molar-refractivity contribution >= 4 is 5.78 Å². The highest BCUT2D eigenvalue weighted by Gasteiger charge is 2.14. The normalized spacial score (nSPS) is 11.3. The van der Waals surface area contributed by atoms with Gasteiger partial charge in [-0.2, -0.15) is 4.80 Å². The van der Waals surface area contributed by atoms with Crippen molar-refractivity contribution in [1.82, 2.24) is 20.2 Å². The van der Waals surface area contributed by atoms with Crippen LogP contribution in [0.5, 0.6) is 0 Å². The molecule has 1 aromatic rings. The van der Waals surface area contributed by atoms with Crippen molar-refractivity contribution in [1.29, 1.82) is 0 Å². The monoisotopic (exact) mass is 210 g/mol. The Labute approximate surface area is 89.9 Å². The summed E-state index contributed by atoms with van der Waals surface area (Å²) in [7, 11) is 0. The maximum absolute atomic E-state index is 11.6. The number of aromatic nitrogens is 4. The lowest BCUT2D eigenvalue weighted by Crippen LogP contribution is -2.10. The van der Waals surface area contributed by atoms with E-state index in [4.69, 9.17) is 0 Å². The lowest BCUT2D eigenvalue weighted by atomic mass is 10.1. The number of nitrogens with zero attached hydrogens (tertiary/aromatic N) is 4. The van der Waals surface area contributed by atoms with Crippen LogP contribution in [0.15, 0.2) is 0 Å². The summed E-state index contributed by atoms with van der Waals surface area (Å²) in [6.07, 6.45) is 0.480. The second kappa shape index (κ2) is 5.00. The van der Waals surface area contributed by atoms with E-state index in [2.05, 4.69) is 29.3 Å². The largest absolute Gasteiger partial charge is 0.290 e. The molecule has 1 heterocycles. The molecule has 0 fully saturated rings. The Morgan fingerprint density at radius 1 is 1.27 bits per heavy atom. The fraction of sp³-hybridized carbons (Fsp3) is 0.800. The number of carbonyl (C=O) groups excluding carboxylic acids is 1. The molecule has 0 radical (unpaired) electrons. The van der Waals surface area contributed by atoms with Crippen molar-refractivity contribution in [3.63, 3.8) is 0 Å². The van der Waals surface area contributed by atoms with Crippen LogP contribution in [0.1, 0.15) is 44.7 Å². The molecule has 0 atom stereocenters. The van der Waals surface area contributed by atoms with E-state index in [0.717, 1.165) is 0 Å². The SMILES string of the molecule is CC(C)CC(=O)c1nnn(CC(C)C)n1. The Bertz CT molecular complexity index is 330. The van der Waals surface area contributed by atoms with Gasteiger partial charge in [-0.05, 0) is 17.0 Å². The highest BCUT2D eigenvalue weighted by molar-refractivity contribution is 5.92. The number of rotatable bonds is 5. The highest BCUT2D eigenvalue weighted by Crippen LogP contribution is 2.04. The third-order valence-corrected chi connectivity index (χ3v) is 1.82. The van der Waals surface area contributed by atoms with Crippen LogP contribution in [0.3, 0.4) is 0 Å². The van der Waals surface area contributed by atoms with Gasteiger partial charge in [-0.3, -0.25) is 4.79 Å². The fourth-order valence-corrected chi connectivity index (χ4v) is 1.22. The molecule has 0 amide bonds. The van der Waals surface area contributed by atoms with Crippen LogP contribution >= 0.6 is 0 Å². The summed E-state index contributed by atoms with van der Waals surface area (Å²) in [5.74, 6) is 0.992. The second-order valence-corrected chi connectivity index (χ2v) is 4.58. The number of tetrazole rings is 1. The van der Waals surface area contributed by atoms with Crippen LogP contribution in [0, 0.1) is 11.8 Å². The first-order valence-corrected chi connectivity index (χ1v) is 5.30. The lowest BCUT2D eigenvalue weighted by Gasteiger charge is -2.01. The minimum absolute atomic E-state index is 0.0278. The molecule has 0 N–H and O–H groups in total. The predicted octanol–water partition coefficient (Wildman–Crippen LogP) is 1.56. The Balaban J connectivity index is 2.63. The summed E-state index contributed by atoms with van der Waals surface area (Å²) in [5.41, 5.74) is 0. The Morgan fingerprint density at radius 3 is 2.47 bits per heavy atom. The molecule has 0 saturated heterocycles. The third kappa shape index (κ3) is 3.77. The van der Waals surface area contributed by atoms with Crippen LogP contribution in [0.2, 0.25) is 0 Å². The van der Waals surface area contributed by atoms with E-state index in [-0.39, 0.29) is 11.6 Å². The molecule has 1 rings (SSSR count). The molecular formula is C10H18N4O. The molecular weight excluding hydrogens is 192 g/mol. The van der Waals surface area contributed by atoms with Crippen molar-refractivity contribution in [3.8, 4) is 0 Å². The summed E-state index contributed by atoms with van der Waals surface area (Å²) >= 11 is 0. The summed E-state index contributed by atoms with van der Waals surface area (Å²) in [5, 5.41) is 11.6. The minimum Gasteiger partial charge on any atom is -0.290 e. The first kappa shape index (κ1) is 11.8. The Hall–Kier alpha value is -1.26. The van der Waals surface area contributed by atoms with Crippen molar-refractivity contribution in [3.05, 3.63) is 5.82 Å². The first-order chi connectivity index (χ1) is 6.99. The van der Waals surface area contributed by atoms with Crippen LogP contribution < -0.4 is 0 Å². The number of hydrogen-bond acceptors (Lipinski definition) is 4. The zero-order chi connectivity index (χ0) is 11.4. The van der Waals surface area contributed by atoms with E-state index < -0.39 is 0 Å². The molecule has 0 spiro atoms. The van der Waals surface area contributed by atoms with E-state index in [9.17, 15) is 4.79 Å². The lowest BCUT2D eigenvalue weighted by molar-refractivity contribution is 0.0957. The summed E-state index contributed by atoms with van der Waals surface area (Å²) in [6.45, 7) is 8.83. The topological polar surface area (TPSA) is 60.7 Å². The minimum atomic E-state index is -0.0278. The number of ketones is 1. The molecule has 0 bridgehead atoms. The van der Waals surface area contributed by atoms with Gasteiger partial charge in [0, 0.05) is 6.42 Å². The molecule has 0 aliphatic carbocycles. The maximum atomic E-state index is 11.6. The smallest absolute Gasteiger partial charge is 0.240 e. The zero-order valence-corrected chi connectivity index (χ0v) is 9.77. The number of carbonyl (C=O) groups is 1. The van der Waals surface area contributed by atoms with Crippen molar-refractivity contribution in [2.24, 2.45) is 11.8 Å². The molecule has 0 saturated carbocycles. The van der Waals surface area contributed by atoms with Gasteiger partial charge >= 0.3 is 0 Å². The summed E-state index contributed by atoms with van der Waals surface area (Å²) in [4.78, 5) is 13.1. The van der Waals surface area contributed by atoms with Crippen LogP contribution in [-0.4, -0.2) is 26.0 Å². The Kier molecular flexibility index (Phi) is 3.94. The van der Waals surface area contributed by atoms with Crippen molar-refractivity contribution < 1.29 is 4.79 Å². The molecule has 5 nitrogen and oxygen atoms in total. The van der Waals surface area contributed by atoms with Crippen LogP contribution in [-0.2, 0) is 6.54 Å². The van der Waals surface area contributed by atoms with Gasteiger partial charge in [0.1, 0.15) is 0 Å². The highest BCUT2D eigenvalue weighted by atomic mass is 16.1. The molecule has 84 valence electrons. The molecule has 5 heteroatoms. The molecule has 0 unspecified atom stereocenters. The molecule has 0 aromatic carbocycles. The zero-order valence-electron chi connectivity index (χ0n) is 9.77. The second-order valence-electron chi connectivity index (χ2n) is 4.58. The van der Waals surface area contributed by atoms with Gasteiger partial charge in [0.25, 0.3) is 0 Å². The summed E-state index contributed by atoms with van der Waals surface area (Å²) < 4.78 is 0. The standard InChI is InChI=1S/C10H18N4O/c1-7(2)5-9(15)10-11-13-14(12-10)6-8(3)4/h7-8H,5-6H2,1-4H3. The average Bonchev–Trinajstić information content (AvgIpc) is 2.50. The first-order valence-electron chi connectivity index (χ1n) is 5.30. The molecule has 15 heavy (non-hydrogen) atoms. The number of hydrogen-bond donors (Lipinski definition) is 0. The van der Waals surface area contributed by atoms with E-state index >= 15 is 0 Å². The van der Waals surface area contributed by atoms with Gasteiger partial charge in [0.2, 0.25) is 11.6 Å². The predicted molar refractivity (Wildman–Crippen MR) is 56.4 cm³/mol. The van der Waals surface area contributed by atoms with Gasteiger partial charge in [-0.1, -0.05) is 27.7 Å². The third-order valence-electron chi connectivity index (χ3n) is 1.82. The van der Waals surface area contributed by atoms with Crippen LogP contribution in [0.25, 0.3) is 0 Å². The van der Waals surface area contributed by atoms with Crippen LogP contribution in [0.4, 0.5) is 0 Å². The van der Waals surface area contributed by atoms with E-state index in [1.165, 1.54) is 4.80 Å². The quantitative estimate of drug-likeness (QED) is 0.692. The van der Waals surface area contributed by atoms with E-state index in [0.29, 0.717) is 24.8 Å². The summed E-state index contributed by atoms with van der Waals surface area (Å²) in [6, 6.07) is 0. The van der Waals surface area contributed by atoms with E-state index in [1.807, 2.05) is 13.8 Å². The van der Waals surface area contributed by atoms with Gasteiger partial charge in [-0.25, -0.2) is 0 Å². The van der Waals surface area contributed by atoms with Gasteiger partial charge in [-0.15, -0.1) is 10.2 Å².